The highest BCUT2D eigenvalue weighted by Crippen LogP contribution is 2.36. The second-order valence-electron chi connectivity index (χ2n) is 5.15. The third-order valence-corrected chi connectivity index (χ3v) is 3.49. The Morgan fingerprint density at radius 1 is 1.14 bits per heavy atom. The van der Waals surface area contributed by atoms with E-state index in [2.05, 4.69) is 6.58 Å². The van der Waals surface area contributed by atoms with Gasteiger partial charge < -0.3 is 9.47 Å². The largest absolute Gasteiger partial charge is 0.485 e. The van der Waals surface area contributed by atoms with E-state index in [1.165, 1.54) is 0 Å². The van der Waals surface area contributed by atoms with Gasteiger partial charge in [0.2, 0.25) is 0 Å². The Kier molecular flexibility index (Phi) is 3.79. The van der Waals surface area contributed by atoms with Gasteiger partial charge in [-0.2, -0.15) is 0 Å². The van der Waals surface area contributed by atoms with Crippen molar-refractivity contribution >= 4 is 17.6 Å². The van der Waals surface area contributed by atoms with Gasteiger partial charge in [0.05, 0.1) is 11.1 Å². The summed E-state index contributed by atoms with van der Waals surface area (Å²) < 4.78 is 11.5. The molecule has 1 aliphatic rings. The second-order valence-corrected chi connectivity index (χ2v) is 5.15. The van der Waals surface area contributed by atoms with E-state index in [1.807, 2.05) is 55.5 Å². The van der Waals surface area contributed by atoms with E-state index in [9.17, 15) is 4.79 Å². The fourth-order valence-electron chi connectivity index (χ4n) is 2.35. The molecule has 0 aromatic heterocycles. The minimum absolute atomic E-state index is 0.264. The summed E-state index contributed by atoms with van der Waals surface area (Å²) in [6.07, 6.45) is 0.815. The maximum absolute atomic E-state index is 11.7. The van der Waals surface area contributed by atoms with E-state index >= 15 is 0 Å². The number of carbonyl (C=O) groups is 1. The third kappa shape index (κ3) is 2.66. The van der Waals surface area contributed by atoms with Crippen LogP contribution in [0.5, 0.6) is 5.75 Å². The average molecular weight is 292 g/mol. The molecule has 3 nitrogen and oxygen atoms in total. The third-order valence-electron chi connectivity index (χ3n) is 3.49. The molecule has 2 aromatic carbocycles. The lowest BCUT2D eigenvalue weighted by Gasteiger charge is -2.12. The molecule has 2 aromatic rings. The van der Waals surface area contributed by atoms with E-state index in [-0.39, 0.29) is 6.61 Å². The standard InChI is InChI=1S/C19H16O3/c1-13-7-9-15(10-8-13)17(11-20)19-16-5-3-4-6-18(16)21-12-14(2)22-19/h3-11H,2,12H2,1H3/b19-17-. The zero-order valence-corrected chi connectivity index (χ0v) is 12.3. The van der Waals surface area contributed by atoms with Crippen LogP contribution in [-0.4, -0.2) is 12.9 Å². The van der Waals surface area contributed by atoms with Gasteiger partial charge in [-0.3, -0.25) is 4.79 Å². The van der Waals surface area contributed by atoms with Crippen LogP contribution in [0.1, 0.15) is 16.7 Å². The summed E-state index contributed by atoms with van der Waals surface area (Å²) in [6, 6.07) is 15.3. The molecule has 0 aliphatic carbocycles. The molecule has 0 fully saturated rings. The summed E-state index contributed by atoms with van der Waals surface area (Å²) >= 11 is 0. The van der Waals surface area contributed by atoms with Crippen molar-refractivity contribution in [3.8, 4) is 5.75 Å². The number of aryl methyl sites for hydroxylation is 1. The minimum atomic E-state index is 0.264. The van der Waals surface area contributed by atoms with Crippen LogP contribution in [0, 0.1) is 6.92 Å². The molecule has 0 amide bonds. The van der Waals surface area contributed by atoms with Gasteiger partial charge in [0.1, 0.15) is 23.9 Å². The number of allylic oxidation sites excluding steroid dienone is 1. The Bertz CT molecular complexity index is 755. The predicted octanol–water partition coefficient (Wildman–Crippen LogP) is 3.98. The summed E-state index contributed by atoms with van der Waals surface area (Å²) in [4.78, 5) is 11.7. The monoisotopic (exact) mass is 292 g/mol. The van der Waals surface area contributed by atoms with Gasteiger partial charge in [-0.15, -0.1) is 0 Å². The van der Waals surface area contributed by atoms with Gasteiger partial charge in [0.25, 0.3) is 0 Å². The fraction of sp³-hybridized carbons (Fsp3) is 0.105. The SMILES string of the molecule is C=C1COc2ccccc2/C(=C(\C=O)c2ccc(C)cc2)O1. The number of hydrogen-bond acceptors (Lipinski definition) is 3. The van der Waals surface area contributed by atoms with E-state index in [1.54, 1.807) is 0 Å². The van der Waals surface area contributed by atoms with Crippen LogP contribution in [-0.2, 0) is 9.53 Å². The predicted molar refractivity (Wildman–Crippen MR) is 86.2 cm³/mol. The number of fused-ring (bicyclic) bond motifs is 1. The zero-order chi connectivity index (χ0) is 15.5. The van der Waals surface area contributed by atoms with Crippen molar-refractivity contribution < 1.29 is 14.3 Å². The van der Waals surface area contributed by atoms with Crippen LogP contribution in [0.2, 0.25) is 0 Å². The minimum Gasteiger partial charge on any atom is -0.485 e. The van der Waals surface area contributed by atoms with E-state index < -0.39 is 0 Å². The molecular weight excluding hydrogens is 276 g/mol. The van der Waals surface area contributed by atoms with Crippen molar-refractivity contribution in [2.75, 3.05) is 6.61 Å². The zero-order valence-electron chi connectivity index (χ0n) is 12.3. The Morgan fingerprint density at radius 3 is 2.59 bits per heavy atom. The molecule has 0 bridgehead atoms. The van der Waals surface area contributed by atoms with Gasteiger partial charge in [0.15, 0.2) is 6.29 Å². The number of para-hydroxylation sites is 1. The molecule has 1 heterocycles. The number of rotatable bonds is 2. The molecule has 0 radical (unpaired) electrons. The van der Waals surface area contributed by atoms with E-state index in [4.69, 9.17) is 9.47 Å². The molecule has 22 heavy (non-hydrogen) atoms. The summed E-state index contributed by atoms with van der Waals surface area (Å²) in [5, 5.41) is 0. The van der Waals surface area contributed by atoms with Crippen LogP contribution in [0.4, 0.5) is 0 Å². The molecule has 3 heteroatoms. The Balaban J connectivity index is 2.22. The number of hydrogen-bond donors (Lipinski definition) is 0. The summed E-state index contributed by atoms with van der Waals surface area (Å²) in [5.41, 5.74) is 3.18. The molecule has 0 unspecified atom stereocenters. The van der Waals surface area contributed by atoms with E-state index in [0.29, 0.717) is 22.8 Å². The Morgan fingerprint density at radius 2 is 1.86 bits per heavy atom. The van der Waals surface area contributed by atoms with Gasteiger partial charge >= 0.3 is 0 Å². The number of aldehydes is 1. The highest BCUT2D eigenvalue weighted by Gasteiger charge is 2.21. The number of ether oxygens (including phenoxy) is 2. The lowest BCUT2D eigenvalue weighted by Crippen LogP contribution is -1.99. The van der Waals surface area contributed by atoms with Crippen LogP contribution in [0.3, 0.4) is 0 Å². The van der Waals surface area contributed by atoms with Crippen molar-refractivity contribution in [1.29, 1.82) is 0 Å². The highest BCUT2D eigenvalue weighted by atomic mass is 16.5. The van der Waals surface area contributed by atoms with Crippen LogP contribution in [0.15, 0.2) is 60.9 Å². The smallest absolute Gasteiger partial charge is 0.154 e. The first-order valence-corrected chi connectivity index (χ1v) is 7.03. The van der Waals surface area contributed by atoms with Crippen LogP contribution >= 0.6 is 0 Å². The highest BCUT2D eigenvalue weighted by molar-refractivity contribution is 6.16. The molecule has 0 N–H and O–H groups in total. The first kappa shape index (κ1) is 14.1. The molecule has 0 atom stereocenters. The Hall–Kier alpha value is -2.81. The Labute approximate surface area is 129 Å². The molecule has 0 spiro atoms. The second kappa shape index (κ2) is 5.90. The molecule has 110 valence electrons. The van der Waals surface area contributed by atoms with Gasteiger partial charge in [-0.25, -0.2) is 0 Å². The van der Waals surface area contributed by atoms with E-state index in [0.717, 1.165) is 23.0 Å². The first-order valence-electron chi connectivity index (χ1n) is 7.03. The first-order chi connectivity index (χ1) is 10.7. The quantitative estimate of drug-likeness (QED) is 0.620. The maximum Gasteiger partial charge on any atom is 0.154 e. The summed E-state index contributed by atoms with van der Waals surface area (Å²) in [6.45, 7) is 6.10. The van der Waals surface area contributed by atoms with Crippen molar-refractivity contribution in [3.63, 3.8) is 0 Å². The lowest BCUT2D eigenvalue weighted by molar-refractivity contribution is -0.103. The molecule has 0 saturated heterocycles. The normalized spacial score (nSPS) is 16.0. The van der Waals surface area contributed by atoms with Crippen molar-refractivity contribution in [2.45, 2.75) is 6.92 Å². The molecule has 3 rings (SSSR count). The van der Waals surface area contributed by atoms with Crippen molar-refractivity contribution in [2.24, 2.45) is 0 Å². The average Bonchev–Trinajstić information content (AvgIpc) is 2.70. The lowest BCUT2D eigenvalue weighted by atomic mass is 10.0. The molecule has 1 aliphatic heterocycles. The van der Waals surface area contributed by atoms with Crippen LogP contribution < -0.4 is 4.74 Å². The maximum atomic E-state index is 11.7. The summed E-state index contributed by atoms with van der Waals surface area (Å²) in [7, 11) is 0. The summed E-state index contributed by atoms with van der Waals surface area (Å²) in [5.74, 6) is 1.64. The van der Waals surface area contributed by atoms with Crippen molar-refractivity contribution in [1.82, 2.24) is 0 Å². The number of carbonyl (C=O) groups excluding carboxylic acids is 1. The van der Waals surface area contributed by atoms with Gasteiger partial charge in [0, 0.05) is 0 Å². The van der Waals surface area contributed by atoms with Gasteiger partial charge in [-0.1, -0.05) is 48.5 Å². The molecule has 0 saturated carbocycles. The van der Waals surface area contributed by atoms with Crippen molar-refractivity contribution in [3.05, 3.63) is 77.6 Å². The molecular formula is C19H16O3. The van der Waals surface area contributed by atoms with Gasteiger partial charge in [-0.05, 0) is 24.6 Å². The fourth-order valence-corrected chi connectivity index (χ4v) is 2.35. The number of benzene rings is 2. The topological polar surface area (TPSA) is 35.5 Å². The van der Waals surface area contributed by atoms with Crippen LogP contribution in [0.25, 0.3) is 11.3 Å².